The van der Waals surface area contributed by atoms with Gasteiger partial charge in [0.1, 0.15) is 42.4 Å². The van der Waals surface area contributed by atoms with Crippen LogP contribution in [0.1, 0.15) is 5.56 Å². The van der Waals surface area contributed by atoms with Gasteiger partial charge in [-0.15, -0.1) is 0 Å². The van der Waals surface area contributed by atoms with Crippen molar-refractivity contribution in [2.75, 3.05) is 6.67 Å². The van der Waals surface area contributed by atoms with Crippen molar-refractivity contribution >= 4 is 11.0 Å². The molecule has 3 rings (SSSR count). The molecule has 0 bridgehead atoms. The predicted octanol–water partition coefficient (Wildman–Crippen LogP) is 0.257. The molecule has 0 unspecified atom stereocenters. The maximum absolute atomic E-state index is 12.9. The second-order valence-corrected chi connectivity index (χ2v) is 5.69. The van der Waals surface area contributed by atoms with Gasteiger partial charge in [0.2, 0.25) is 6.29 Å². The number of aliphatic hydroxyl groups excluding tert-OH is 3. The third-order valence-electron chi connectivity index (χ3n) is 3.99. The summed E-state index contributed by atoms with van der Waals surface area (Å²) in [5, 5.41) is 30.0. The lowest BCUT2D eigenvalue weighted by molar-refractivity contribution is -0.274. The molecule has 3 N–H and O–H groups in total. The number of alkyl halides is 1. The molecular formula is C16H17FO7. The van der Waals surface area contributed by atoms with Gasteiger partial charge in [-0.3, -0.25) is 0 Å². The van der Waals surface area contributed by atoms with Crippen molar-refractivity contribution in [1.82, 2.24) is 0 Å². The van der Waals surface area contributed by atoms with Crippen molar-refractivity contribution in [2.24, 2.45) is 0 Å². The van der Waals surface area contributed by atoms with E-state index in [2.05, 4.69) is 0 Å². The van der Waals surface area contributed by atoms with Crippen molar-refractivity contribution in [2.45, 2.75) is 37.6 Å². The first kappa shape index (κ1) is 16.8. The van der Waals surface area contributed by atoms with Gasteiger partial charge in [-0.1, -0.05) is 0 Å². The van der Waals surface area contributed by atoms with Gasteiger partial charge in [-0.05, 0) is 30.7 Å². The Kier molecular flexibility index (Phi) is 4.55. The minimum absolute atomic E-state index is 0.268. The Hall–Kier alpha value is -2.00. The summed E-state index contributed by atoms with van der Waals surface area (Å²) >= 11 is 0. The average molecular weight is 340 g/mol. The fraction of sp³-hybridized carbons (Fsp3) is 0.438. The molecule has 24 heavy (non-hydrogen) atoms. The van der Waals surface area contributed by atoms with E-state index in [-0.39, 0.29) is 5.75 Å². The molecule has 1 saturated heterocycles. The van der Waals surface area contributed by atoms with Gasteiger partial charge in [0, 0.05) is 11.5 Å². The van der Waals surface area contributed by atoms with Crippen LogP contribution >= 0.6 is 0 Å². The minimum Gasteiger partial charge on any atom is -0.462 e. The van der Waals surface area contributed by atoms with Crippen molar-refractivity contribution in [3.8, 4) is 5.75 Å². The molecule has 1 fully saturated rings. The van der Waals surface area contributed by atoms with E-state index in [4.69, 9.17) is 13.9 Å². The zero-order valence-corrected chi connectivity index (χ0v) is 12.8. The Morgan fingerprint density at radius 2 is 1.92 bits per heavy atom. The molecule has 130 valence electrons. The summed E-state index contributed by atoms with van der Waals surface area (Å²) in [6, 6.07) is 5.91. The van der Waals surface area contributed by atoms with Crippen LogP contribution < -0.4 is 10.4 Å². The van der Waals surface area contributed by atoms with E-state index in [0.29, 0.717) is 16.5 Å². The van der Waals surface area contributed by atoms with E-state index in [1.807, 2.05) is 0 Å². The van der Waals surface area contributed by atoms with E-state index >= 15 is 0 Å². The molecule has 8 heteroatoms. The third kappa shape index (κ3) is 3.01. The van der Waals surface area contributed by atoms with Gasteiger partial charge in [0.25, 0.3) is 0 Å². The van der Waals surface area contributed by atoms with Crippen LogP contribution in [0.3, 0.4) is 0 Å². The van der Waals surface area contributed by atoms with Gasteiger partial charge in [0.15, 0.2) is 0 Å². The molecule has 1 aromatic heterocycles. The van der Waals surface area contributed by atoms with E-state index in [0.717, 1.165) is 0 Å². The quantitative estimate of drug-likeness (QED) is 0.688. The smallest absolute Gasteiger partial charge is 0.336 e. The molecule has 1 aliphatic rings. The van der Waals surface area contributed by atoms with Crippen LogP contribution in [0.2, 0.25) is 0 Å². The number of rotatable bonds is 3. The number of hydrogen-bond donors (Lipinski definition) is 3. The normalized spacial score (nSPS) is 30.5. The molecule has 1 aliphatic heterocycles. The van der Waals surface area contributed by atoms with Crippen LogP contribution in [0.25, 0.3) is 11.0 Å². The fourth-order valence-electron chi connectivity index (χ4n) is 2.65. The molecule has 1 aromatic carbocycles. The topological polar surface area (TPSA) is 109 Å². The number of hydrogen-bond acceptors (Lipinski definition) is 7. The lowest BCUT2D eigenvalue weighted by Crippen LogP contribution is -2.59. The first-order chi connectivity index (χ1) is 11.4. The lowest BCUT2D eigenvalue weighted by Gasteiger charge is -2.39. The lowest BCUT2D eigenvalue weighted by atomic mass is 9.99. The van der Waals surface area contributed by atoms with Crippen LogP contribution in [0, 0.1) is 6.92 Å². The Morgan fingerprint density at radius 3 is 2.62 bits per heavy atom. The minimum atomic E-state index is -1.59. The zero-order chi connectivity index (χ0) is 17.4. The van der Waals surface area contributed by atoms with E-state index in [1.54, 1.807) is 13.0 Å². The molecule has 0 saturated carbocycles. The van der Waals surface area contributed by atoms with Gasteiger partial charge in [-0.25, -0.2) is 9.18 Å². The van der Waals surface area contributed by atoms with Crippen molar-refractivity contribution in [3.05, 3.63) is 40.2 Å². The molecule has 0 radical (unpaired) electrons. The number of benzene rings is 1. The summed E-state index contributed by atoms with van der Waals surface area (Å²) < 4.78 is 28.6. The summed E-state index contributed by atoms with van der Waals surface area (Å²) in [5.41, 5.74) is 0.575. The van der Waals surface area contributed by atoms with Crippen LogP contribution in [0.5, 0.6) is 5.75 Å². The number of aliphatic hydroxyl groups is 3. The van der Waals surface area contributed by atoms with Crippen LogP contribution in [0.15, 0.2) is 33.5 Å². The van der Waals surface area contributed by atoms with Crippen molar-refractivity contribution in [1.29, 1.82) is 0 Å². The standard InChI is InChI=1S/C16H17FO7/c1-7-4-12(18)23-10-3-2-8(5-9(7)10)22-16-15(21)14(20)13(19)11(6-17)24-16/h2-5,11,13-16,19-21H,6H2,1H3/t11-,13+,14+,15-,16-/m1/s1. The predicted molar refractivity (Wildman–Crippen MR) is 80.5 cm³/mol. The van der Waals surface area contributed by atoms with Gasteiger partial charge in [0.05, 0.1) is 0 Å². The van der Waals surface area contributed by atoms with E-state index < -0.39 is 43.0 Å². The number of halogens is 1. The van der Waals surface area contributed by atoms with E-state index in [1.165, 1.54) is 18.2 Å². The second kappa shape index (κ2) is 6.48. The summed E-state index contributed by atoms with van der Waals surface area (Å²) in [6.45, 7) is 0.695. The first-order valence-corrected chi connectivity index (χ1v) is 7.37. The summed E-state index contributed by atoms with van der Waals surface area (Å²) in [4.78, 5) is 11.3. The van der Waals surface area contributed by atoms with Crippen LogP contribution in [0.4, 0.5) is 4.39 Å². The molecule has 0 amide bonds. The van der Waals surface area contributed by atoms with E-state index in [9.17, 15) is 24.5 Å². The molecular weight excluding hydrogens is 323 g/mol. The Balaban J connectivity index is 1.87. The summed E-state index contributed by atoms with van der Waals surface area (Å²) in [7, 11) is 0. The number of ether oxygens (including phenoxy) is 2. The van der Waals surface area contributed by atoms with Gasteiger partial charge in [-0.2, -0.15) is 0 Å². The molecule has 0 spiro atoms. The van der Waals surface area contributed by atoms with Gasteiger partial charge >= 0.3 is 5.63 Å². The summed E-state index contributed by atoms with van der Waals surface area (Å²) in [5.74, 6) is 0.268. The molecule has 0 aliphatic carbocycles. The monoisotopic (exact) mass is 340 g/mol. The van der Waals surface area contributed by atoms with Gasteiger partial charge < -0.3 is 29.2 Å². The number of fused-ring (bicyclic) bond motifs is 1. The molecule has 2 aromatic rings. The van der Waals surface area contributed by atoms with Crippen LogP contribution in [-0.4, -0.2) is 52.7 Å². The van der Waals surface area contributed by atoms with Crippen molar-refractivity contribution < 1.29 is 33.6 Å². The number of aryl methyl sites for hydroxylation is 1. The third-order valence-corrected chi connectivity index (χ3v) is 3.99. The largest absolute Gasteiger partial charge is 0.462 e. The Labute approximate surface area is 135 Å². The highest BCUT2D eigenvalue weighted by molar-refractivity contribution is 5.81. The highest BCUT2D eigenvalue weighted by atomic mass is 19.1. The van der Waals surface area contributed by atoms with Crippen molar-refractivity contribution in [3.63, 3.8) is 0 Å². The average Bonchev–Trinajstić information content (AvgIpc) is 2.55. The Morgan fingerprint density at radius 1 is 1.17 bits per heavy atom. The highest BCUT2D eigenvalue weighted by Crippen LogP contribution is 2.27. The maximum Gasteiger partial charge on any atom is 0.336 e. The Bertz CT molecular complexity index is 788. The first-order valence-electron chi connectivity index (χ1n) is 7.37. The fourth-order valence-corrected chi connectivity index (χ4v) is 2.65. The SMILES string of the molecule is Cc1cc(=O)oc2ccc(O[C@@H]3O[C@H](CF)[C@H](O)[C@H](O)[C@H]3O)cc12. The summed E-state index contributed by atoms with van der Waals surface area (Å²) in [6.07, 6.45) is -7.33. The molecule has 7 nitrogen and oxygen atoms in total. The van der Waals surface area contributed by atoms with Crippen LogP contribution in [-0.2, 0) is 4.74 Å². The second-order valence-electron chi connectivity index (χ2n) is 5.69. The maximum atomic E-state index is 12.9. The molecule has 5 atom stereocenters. The zero-order valence-electron chi connectivity index (χ0n) is 12.8. The molecule has 2 heterocycles. The highest BCUT2D eigenvalue weighted by Gasteiger charge is 2.45.